The summed E-state index contributed by atoms with van der Waals surface area (Å²) in [5, 5.41) is 0. The average molecular weight is 438 g/mol. The molecule has 1 amide bonds. The van der Waals surface area contributed by atoms with Crippen molar-refractivity contribution in [3.8, 4) is 5.75 Å². The van der Waals surface area contributed by atoms with Gasteiger partial charge >= 0.3 is 0 Å². The lowest BCUT2D eigenvalue weighted by Crippen LogP contribution is -2.37. The van der Waals surface area contributed by atoms with Crippen molar-refractivity contribution >= 4 is 21.6 Å². The number of nitrogens with zero attached hydrogens (tertiary/aromatic N) is 1. The van der Waals surface area contributed by atoms with Gasteiger partial charge in [0, 0.05) is 6.42 Å². The predicted molar refractivity (Wildman–Crippen MR) is 123 cm³/mol. The fraction of sp³-hybridized carbons (Fsp3) is 0.240. The summed E-state index contributed by atoms with van der Waals surface area (Å²) >= 11 is 0. The molecule has 3 rings (SSSR count). The van der Waals surface area contributed by atoms with E-state index < -0.39 is 15.9 Å². The van der Waals surface area contributed by atoms with Gasteiger partial charge in [0.05, 0.1) is 17.2 Å². The zero-order chi connectivity index (χ0) is 22.4. The minimum Gasteiger partial charge on any atom is -0.494 e. The van der Waals surface area contributed by atoms with Crippen molar-refractivity contribution in [2.75, 3.05) is 10.9 Å². The van der Waals surface area contributed by atoms with Gasteiger partial charge in [-0.1, -0.05) is 42.5 Å². The first-order valence-corrected chi connectivity index (χ1v) is 11.6. The van der Waals surface area contributed by atoms with Crippen LogP contribution in [0.15, 0.2) is 77.7 Å². The summed E-state index contributed by atoms with van der Waals surface area (Å²) in [6.07, 6.45) is 0.448. The molecule has 0 spiro atoms. The number of sulfonamides is 1. The molecule has 5 nitrogen and oxygen atoms in total. The van der Waals surface area contributed by atoms with Gasteiger partial charge in [-0.3, -0.25) is 4.79 Å². The van der Waals surface area contributed by atoms with E-state index >= 15 is 0 Å². The van der Waals surface area contributed by atoms with Crippen molar-refractivity contribution in [2.24, 2.45) is 0 Å². The molecule has 0 N–H and O–H groups in total. The maximum atomic E-state index is 13.4. The number of benzene rings is 3. The van der Waals surface area contributed by atoms with Gasteiger partial charge in [0.25, 0.3) is 10.0 Å². The van der Waals surface area contributed by atoms with Crippen LogP contribution in [0.4, 0.5) is 5.69 Å². The number of rotatable bonds is 8. The second kappa shape index (κ2) is 9.79. The van der Waals surface area contributed by atoms with Crippen LogP contribution in [-0.4, -0.2) is 20.9 Å². The Morgan fingerprint density at radius 1 is 0.871 bits per heavy atom. The summed E-state index contributed by atoms with van der Waals surface area (Å²) in [5.74, 6) is 0.251. The lowest BCUT2D eigenvalue weighted by Gasteiger charge is -2.25. The summed E-state index contributed by atoms with van der Waals surface area (Å²) in [6.45, 7) is 5.97. The summed E-state index contributed by atoms with van der Waals surface area (Å²) in [5.41, 5.74) is 3.07. The molecule has 0 heterocycles. The topological polar surface area (TPSA) is 63.7 Å². The third kappa shape index (κ3) is 5.52. The first kappa shape index (κ1) is 22.6. The predicted octanol–water partition coefficient (Wildman–Crippen LogP) is 5.19. The molecule has 31 heavy (non-hydrogen) atoms. The fourth-order valence-electron chi connectivity index (χ4n) is 3.25. The number of aryl methyl sites for hydroxylation is 3. The van der Waals surface area contributed by atoms with Gasteiger partial charge in [0.2, 0.25) is 5.91 Å². The van der Waals surface area contributed by atoms with Crippen molar-refractivity contribution < 1.29 is 17.9 Å². The standard InChI is InChI=1S/C25H27NO4S/c1-19-9-7-10-22(17-19)30-16-8-13-25(27)26(24-18-20(2)14-15-21(24)3)31(28,29)23-11-5-4-6-12-23/h4-7,9-12,14-15,17-18H,8,13,16H2,1-3H3. The van der Waals surface area contributed by atoms with Gasteiger partial charge in [-0.25, -0.2) is 12.7 Å². The summed E-state index contributed by atoms with van der Waals surface area (Å²) in [4.78, 5) is 13.3. The third-order valence-electron chi connectivity index (χ3n) is 4.88. The molecule has 3 aromatic carbocycles. The molecule has 6 heteroatoms. The number of anilines is 1. The van der Waals surface area contributed by atoms with Crippen molar-refractivity contribution in [2.45, 2.75) is 38.5 Å². The minimum absolute atomic E-state index is 0.0469. The molecule has 3 aromatic rings. The Hall–Kier alpha value is -3.12. The maximum Gasteiger partial charge on any atom is 0.270 e. The van der Waals surface area contributed by atoms with Gasteiger partial charge in [0.1, 0.15) is 5.75 Å². The molecule has 0 atom stereocenters. The number of hydrogen-bond donors (Lipinski definition) is 0. The summed E-state index contributed by atoms with van der Waals surface area (Å²) in [7, 11) is -4.04. The Labute approximate surface area is 184 Å². The molecular weight excluding hydrogens is 410 g/mol. The van der Waals surface area contributed by atoms with E-state index in [9.17, 15) is 13.2 Å². The Balaban J connectivity index is 1.82. The largest absolute Gasteiger partial charge is 0.494 e. The SMILES string of the molecule is Cc1cccc(OCCCC(=O)N(c2cc(C)ccc2C)S(=O)(=O)c2ccccc2)c1. The Morgan fingerprint density at radius 2 is 1.58 bits per heavy atom. The molecule has 0 unspecified atom stereocenters. The number of carbonyl (C=O) groups is 1. The van der Waals surface area contributed by atoms with Crippen molar-refractivity contribution in [1.29, 1.82) is 0 Å². The van der Waals surface area contributed by atoms with Crippen LogP contribution in [0.25, 0.3) is 0 Å². The fourth-order valence-corrected chi connectivity index (χ4v) is 4.78. The van der Waals surface area contributed by atoms with E-state index in [4.69, 9.17) is 4.74 Å². The van der Waals surface area contributed by atoms with Gasteiger partial charge < -0.3 is 4.74 Å². The zero-order valence-electron chi connectivity index (χ0n) is 18.0. The molecule has 0 radical (unpaired) electrons. The van der Waals surface area contributed by atoms with Crippen LogP contribution in [0, 0.1) is 20.8 Å². The van der Waals surface area contributed by atoms with Crippen molar-refractivity contribution in [3.63, 3.8) is 0 Å². The van der Waals surface area contributed by atoms with Crippen LogP contribution < -0.4 is 9.04 Å². The molecule has 0 saturated carbocycles. The molecule has 0 saturated heterocycles. The smallest absolute Gasteiger partial charge is 0.270 e. The van der Waals surface area contributed by atoms with Crippen LogP contribution in [0.5, 0.6) is 5.75 Å². The number of amides is 1. The lowest BCUT2D eigenvalue weighted by atomic mass is 10.1. The van der Waals surface area contributed by atoms with E-state index in [1.54, 1.807) is 31.2 Å². The number of ether oxygens (including phenoxy) is 1. The quantitative estimate of drug-likeness (QED) is 0.455. The minimum atomic E-state index is -4.04. The summed E-state index contributed by atoms with van der Waals surface area (Å²) in [6, 6.07) is 21.2. The maximum absolute atomic E-state index is 13.4. The van der Waals surface area contributed by atoms with Gasteiger partial charge in [-0.2, -0.15) is 0 Å². The van der Waals surface area contributed by atoms with E-state index in [0.717, 1.165) is 26.7 Å². The Morgan fingerprint density at radius 3 is 2.29 bits per heavy atom. The van der Waals surface area contributed by atoms with Crippen LogP contribution in [0.3, 0.4) is 0 Å². The molecule has 0 aromatic heterocycles. The monoisotopic (exact) mass is 437 g/mol. The van der Waals surface area contributed by atoms with E-state index in [2.05, 4.69) is 0 Å². The second-order valence-corrected chi connectivity index (χ2v) is 9.32. The number of hydrogen-bond acceptors (Lipinski definition) is 4. The Kier molecular flexibility index (Phi) is 7.13. The second-order valence-electron chi connectivity index (χ2n) is 7.53. The molecule has 0 aliphatic carbocycles. The van der Waals surface area contributed by atoms with Crippen LogP contribution in [0.1, 0.15) is 29.5 Å². The molecule has 0 fully saturated rings. The highest BCUT2D eigenvalue weighted by Gasteiger charge is 2.31. The molecule has 0 aliphatic heterocycles. The van der Waals surface area contributed by atoms with Crippen molar-refractivity contribution in [3.05, 3.63) is 89.5 Å². The zero-order valence-corrected chi connectivity index (χ0v) is 18.9. The first-order chi connectivity index (χ1) is 14.8. The van der Waals surface area contributed by atoms with Gasteiger partial charge in [-0.15, -0.1) is 0 Å². The highest BCUT2D eigenvalue weighted by atomic mass is 32.2. The van der Waals surface area contributed by atoms with Crippen LogP contribution >= 0.6 is 0 Å². The third-order valence-corrected chi connectivity index (χ3v) is 6.63. The van der Waals surface area contributed by atoms with E-state index in [1.165, 1.54) is 12.1 Å². The normalized spacial score (nSPS) is 11.2. The highest BCUT2D eigenvalue weighted by molar-refractivity contribution is 7.93. The van der Waals surface area contributed by atoms with Gasteiger partial charge in [0.15, 0.2) is 0 Å². The number of carbonyl (C=O) groups excluding carboxylic acids is 1. The lowest BCUT2D eigenvalue weighted by molar-refractivity contribution is -0.117. The Bertz CT molecular complexity index is 1160. The highest BCUT2D eigenvalue weighted by Crippen LogP contribution is 2.29. The van der Waals surface area contributed by atoms with Crippen molar-refractivity contribution in [1.82, 2.24) is 0 Å². The molecule has 162 valence electrons. The molecule has 0 bridgehead atoms. The average Bonchev–Trinajstić information content (AvgIpc) is 2.74. The van der Waals surface area contributed by atoms with E-state index in [-0.39, 0.29) is 11.3 Å². The van der Waals surface area contributed by atoms with E-state index in [0.29, 0.717) is 18.7 Å². The van der Waals surface area contributed by atoms with Crippen LogP contribution in [0.2, 0.25) is 0 Å². The van der Waals surface area contributed by atoms with Crippen LogP contribution in [-0.2, 0) is 14.8 Å². The first-order valence-electron chi connectivity index (χ1n) is 10.2. The van der Waals surface area contributed by atoms with E-state index in [1.807, 2.05) is 50.2 Å². The molecular formula is C25H27NO4S. The summed E-state index contributed by atoms with van der Waals surface area (Å²) < 4.78 is 33.5. The van der Waals surface area contributed by atoms with Gasteiger partial charge in [-0.05, 0) is 74.2 Å². The molecule has 0 aliphatic rings.